The zero-order chi connectivity index (χ0) is 14.2. The fourth-order valence-corrected chi connectivity index (χ4v) is 1.79. The van der Waals surface area contributed by atoms with Gasteiger partial charge in [0.15, 0.2) is 0 Å². The van der Waals surface area contributed by atoms with Gasteiger partial charge in [0, 0.05) is 24.9 Å². The minimum atomic E-state index is -0.558. The molecular weight excluding hydrogens is 246 g/mol. The molecule has 0 fully saturated rings. The highest BCUT2D eigenvalue weighted by molar-refractivity contribution is 5.94. The zero-order valence-electron chi connectivity index (χ0n) is 10.6. The highest BCUT2D eigenvalue weighted by Crippen LogP contribution is 2.12. The second-order valence-electron chi connectivity index (χ2n) is 4.23. The van der Waals surface area contributed by atoms with Crippen molar-refractivity contribution in [3.63, 3.8) is 0 Å². The molecule has 1 heterocycles. The lowest BCUT2D eigenvalue weighted by molar-refractivity contribution is 0.0999. The summed E-state index contributed by atoms with van der Waals surface area (Å²) in [5.41, 5.74) is 5.97. The lowest BCUT2D eigenvalue weighted by Crippen LogP contribution is -2.36. The van der Waals surface area contributed by atoms with Crippen LogP contribution in [-0.4, -0.2) is 15.0 Å². The Morgan fingerprint density at radius 1 is 1.21 bits per heavy atom. The van der Waals surface area contributed by atoms with Crippen molar-refractivity contribution in [3.05, 3.63) is 62.4 Å². The molecule has 1 amide bonds. The Bertz CT molecular complexity index is 771. The van der Waals surface area contributed by atoms with E-state index in [1.54, 1.807) is 19.1 Å². The van der Waals surface area contributed by atoms with Gasteiger partial charge in [0.2, 0.25) is 5.91 Å². The maximum absolute atomic E-state index is 12.0. The summed E-state index contributed by atoms with van der Waals surface area (Å²) in [5.74, 6) is -0.558. The number of benzene rings is 1. The number of primary amides is 1. The fourth-order valence-electron chi connectivity index (χ4n) is 1.79. The largest absolute Gasteiger partial charge is 0.366 e. The Balaban J connectivity index is 2.70. The van der Waals surface area contributed by atoms with Crippen LogP contribution in [0.25, 0.3) is 5.69 Å². The second kappa shape index (κ2) is 4.56. The first-order valence-corrected chi connectivity index (χ1v) is 5.61. The average Bonchev–Trinajstić information content (AvgIpc) is 2.37. The van der Waals surface area contributed by atoms with Crippen molar-refractivity contribution >= 4 is 5.91 Å². The van der Waals surface area contributed by atoms with E-state index < -0.39 is 11.6 Å². The third-order valence-electron chi connectivity index (χ3n) is 2.95. The molecule has 0 atom stereocenters. The Morgan fingerprint density at radius 3 is 2.53 bits per heavy atom. The van der Waals surface area contributed by atoms with E-state index in [-0.39, 0.29) is 5.56 Å². The molecule has 2 N–H and O–H groups in total. The van der Waals surface area contributed by atoms with E-state index >= 15 is 0 Å². The van der Waals surface area contributed by atoms with Crippen LogP contribution in [0.4, 0.5) is 0 Å². The van der Waals surface area contributed by atoms with Crippen LogP contribution in [0.3, 0.4) is 0 Å². The molecule has 1 aromatic heterocycles. The van der Waals surface area contributed by atoms with Gasteiger partial charge in [0.05, 0.1) is 5.69 Å². The molecule has 6 nitrogen and oxygen atoms in total. The van der Waals surface area contributed by atoms with E-state index in [0.29, 0.717) is 11.3 Å². The fraction of sp³-hybridized carbons (Fsp3) is 0.154. The summed E-state index contributed by atoms with van der Waals surface area (Å²) in [6.45, 7) is 1.76. The van der Waals surface area contributed by atoms with Crippen molar-refractivity contribution in [2.75, 3.05) is 0 Å². The standard InChI is InChI=1S/C13H13N3O3/c1-8-3-4-9(7-10(8)12(14)18)16-6-5-11(17)15(2)13(16)19/h3-7H,1-2H3,(H2,14,18). The third-order valence-corrected chi connectivity index (χ3v) is 2.95. The van der Waals surface area contributed by atoms with Gasteiger partial charge in [-0.25, -0.2) is 4.79 Å². The van der Waals surface area contributed by atoms with Crippen LogP contribution in [0.5, 0.6) is 0 Å². The lowest BCUT2D eigenvalue weighted by atomic mass is 10.1. The first-order chi connectivity index (χ1) is 8.91. The number of amides is 1. The van der Waals surface area contributed by atoms with E-state index in [1.165, 1.54) is 29.9 Å². The Labute approximate surface area is 108 Å². The topological polar surface area (TPSA) is 87.1 Å². The maximum Gasteiger partial charge on any atom is 0.335 e. The predicted molar refractivity (Wildman–Crippen MR) is 70.5 cm³/mol. The van der Waals surface area contributed by atoms with Crippen molar-refractivity contribution < 1.29 is 4.79 Å². The molecule has 2 aromatic rings. The van der Waals surface area contributed by atoms with Gasteiger partial charge >= 0.3 is 5.69 Å². The molecule has 0 radical (unpaired) electrons. The van der Waals surface area contributed by atoms with Gasteiger partial charge in [0.25, 0.3) is 5.56 Å². The summed E-state index contributed by atoms with van der Waals surface area (Å²) >= 11 is 0. The minimum Gasteiger partial charge on any atom is -0.366 e. The van der Waals surface area contributed by atoms with Crippen molar-refractivity contribution in [3.8, 4) is 5.69 Å². The van der Waals surface area contributed by atoms with Crippen molar-refractivity contribution in [1.29, 1.82) is 0 Å². The molecule has 0 saturated carbocycles. The second-order valence-corrected chi connectivity index (χ2v) is 4.23. The first kappa shape index (κ1) is 12.8. The monoisotopic (exact) mass is 259 g/mol. The number of aromatic nitrogens is 2. The third kappa shape index (κ3) is 2.20. The number of nitrogens with zero attached hydrogens (tertiary/aromatic N) is 2. The molecular formula is C13H13N3O3. The normalized spacial score (nSPS) is 10.4. The molecule has 0 aliphatic carbocycles. The summed E-state index contributed by atoms with van der Waals surface area (Å²) in [5, 5.41) is 0. The molecule has 1 aromatic carbocycles. The maximum atomic E-state index is 12.0. The van der Waals surface area contributed by atoms with E-state index in [1.807, 2.05) is 0 Å². The molecule has 0 spiro atoms. The minimum absolute atomic E-state index is 0.346. The summed E-state index contributed by atoms with van der Waals surface area (Å²) in [4.78, 5) is 34.6. The molecule has 6 heteroatoms. The first-order valence-electron chi connectivity index (χ1n) is 5.61. The average molecular weight is 259 g/mol. The van der Waals surface area contributed by atoms with Crippen LogP contribution in [0.2, 0.25) is 0 Å². The van der Waals surface area contributed by atoms with Crippen LogP contribution >= 0.6 is 0 Å². The predicted octanol–water partition coefficient (Wildman–Crippen LogP) is -0.0565. The van der Waals surface area contributed by atoms with E-state index in [0.717, 1.165) is 10.1 Å². The van der Waals surface area contributed by atoms with Gasteiger partial charge in [-0.2, -0.15) is 0 Å². The number of hydrogen-bond donors (Lipinski definition) is 1. The molecule has 2 rings (SSSR count). The van der Waals surface area contributed by atoms with Crippen molar-refractivity contribution in [1.82, 2.24) is 9.13 Å². The van der Waals surface area contributed by atoms with Crippen LogP contribution in [0.1, 0.15) is 15.9 Å². The van der Waals surface area contributed by atoms with Gasteiger partial charge in [-0.05, 0) is 24.6 Å². The van der Waals surface area contributed by atoms with Crippen LogP contribution < -0.4 is 17.0 Å². The Morgan fingerprint density at radius 2 is 1.89 bits per heavy atom. The van der Waals surface area contributed by atoms with E-state index in [2.05, 4.69) is 0 Å². The van der Waals surface area contributed by atoms with Gasteiger partial charge < -0.3 is 5.73 Å². The molecule has 0 saturated heterocycles. The van der Waals surface area contributed by atoms with Gasteiger partial charge in [-0.15, -0.1) is 0 Å². The highest BCUT2D eigenvalue weighted by atomic mass is 16.2. The highest BCUT2D eigenvalue weighted by Gasteiger charge is 2.09. The van der Waals surface area contributed by atoms with E-state index in [4.69, 9.17) is 5.73 Å². The lowest BCUT2D eigenvalue weighted by Gasteiger charge is -2.09. The zero-order valence-corrected chi connectivity index (χ0v) is 10.6. The number of aryl methyl sites for hydroxylation is 1. The quantitative estimate of drug-likeness (QED) is 0.819. The Kier molecular flexibility index (Phi) is 3.08. The number of carbonyl (C=O) groups is 1. The smallest absolute Gasteiger partial charge is 0.335 e. The molecule has 98 valence electrons. The molecule has 0 bridgehead atoms. The molecule has 0 aliphatic rings. The van der Waals surface area contributed by atoms with Gasteiger partial charge in [0.1, 0.15) is 0 Å². The molecule has 19 heavy (non-hydrogen) atoms. The summed E-state index contributed by atoms with van der Waals surface area (Å²) in [6, 6.07) is 6.20. The number of hydrogen-bond acceptors (Lipinski definition) is 3. The van der Waals surface area contributed by atoms with Gasteiger partial charge in [-0.1, -0.05) is 6.07 Å². The number of rotatable bonds is 2. The van der Waals surface area contributed by atoms with Crippen LogP contribution in [0, 0.1) is 6.92 Å². The van der Waals surface area contributed by atoms with Crippen LogP contribution in [-0.2, 0) is 7.05 Å². The molecule has 0 aliphatic heterocycles. The summed E-state index contributed by atoms with van der Waals surface area (Å²) < 4.78 is 2.27. The van der Waals surface area contributed by atoms with Crippen molar-refractivity contribution in [2.24, 2.45) is 12.8 Å². The summed E-state index contributed by atoms with van der Waals surface area (Å²) in [6.07, 6.45) is 1.38. The number of nitrogens with two attached hydrogens (primary N) is 1. The van der Waals surface area contributed by atoms with Gasteiger partial charge in [-0.3, -0.25) is 18.7 Å². The van der Waals surface area contributed by atoms with Crippen LogP contribution in [0.15, 0.2) is 40.1 Å². The SMILES string of the molecule is Cc1ccc(-n2ccc(=O)n(C)c2=O)cc1C(N)=O. The number of carbonyl (C=O) groups excluding carboxylic acids is 1. The molecule has 0 unspecified atom stereocenters. The van der Waals surface area contributed by atoms with Crippen molar-refractivity contribution in [2.45, 2.75) is 6.92 Å². The Hall–Kier alpha value is -2.63. The summed E-state index contributed by atoms with van der Waals surface area (Å²) in [7, 11) is 1.39. The van der Waals surface area contributed by atoms with E-state index in [9.17, 15) is 14.4 Å².